The molecule has 4 nitrogen and oxygen atoms in total. The van der Waals surface area contributed by atoms with Crippen LogP contribution >= 0.6 is 0 Å². The first-order chi connectivity index (χ1) is 8.22. The summed E-state index contributed by atoms with van der Waals surface area (Å²) in [6, 6.07) is 0. The van der Waals surface area contributed by atoms with E-state index in [-0.39, 0.29) is 5.54 Å². The van der Waals surface area contributed by atoms with Gasteiger partial charge in [0.2, 0.25) is 0 Å². The summed E-state index contributed by atoms with van der Waals surface area (Å²) < 4.78 is 11.0. The molecule has 0 bridgehead atoms. The highest BCUT2D eigenvalue weighted by Gasteiger charge is 2.36. The summed E-state index contributed by atoms with van der Waals surface area (Å²) in [7, 11) is 1.76. The van der Waals surface area contributed by atoms with E-state index in [0.717, 1.165) is 45.6 Å². The minimum Gasteiger partial charge on any atom is -0.383 e. The van der Waals surface area contributed by atoms with Crippen LogP contribution < -0.4 is 5.73 Å². The molecular weight excluding hydrogens is 216 g/mol. The number of hydrogen-bond donors (Lipinski definition) is 1. The van der Waals surface area contributed by atoms with Crippen LogP contribution in [-0.4, -0.2) is 56.5 Å². The lowest BCUT2D eigenvalue weighted by Gasteiger charge is -2.45. The van der Waals surface area contributed by atoms with Crippen LogP contribution in [0.3, 0.4) is 0 Å². The topological polar surface area (TPSA) is 47.7 Å². The van der Waals surface area contributed by atoms with Crippen molar-refractivity contribution < 1.29 is 9.47 Å². The molecule has 0 aromatic rings. The van der Waals surface area contributed by atoms with E-state index < -0.39 is 0 Å². The zero-order valence-electron chi connectivity index (χ0n) is 11.6. The van der Waals surface area contributed by atoms with Crippen LogP contribution in [0.25, 0.3) is 0 Å². The fraction of sp³-hybridized carbons (Fsp3) is 1.00. The summed E-state index contributed by atoms with van der Waals surface area (Å²) in [6.07, 6.45) is 3.70. The van der Waals surface area contributed by atoms with Gasteiger partial charge < -0.3 is 15.2 Å². The number of hydrogen-bond acceptors (Lipinski definition) is 4. The average Bonchev–Trinajstić information content (AvgIpc) is 2.38. The molecule has 0 aliphatic carbocycles. The third-order valence-corrected chi connectivity index (χ3v) is 3.97. The van der Waals surface area contributed by atoms with E-state index in [0.29, 0.717) is 12.6 Å². The number of nitrogens with two attached hydrogens (primary N) is 1. The Bertz CT molecular complexity index is 200. The average molecular weight is 244 g/mol. The first-order valence-electron chi connectivity index (χ1n) is 6.78. The monoisotopic (exact) mass is 244 g/mol. The summed E-state index contributed by atoms with van der Waals surface area (Å²) in [5.41, 5.74) is 6.00. The van der Waals surface area contributed by atoms with Crippen LogP contribution in [0.2, 0.25) is 0 Å². The Balaban J connectivity index is 2.54. The summed E-state index contributed by atoms with van der Waals surface area (Å²) in [6.45, 7) is 8.60. The molecule has 1 aliphatic heterocycles. The molecule has 1 atom stereocenters. The molecular formula is C13H28N2O2. The Morgan fingerprint density at radius 3 is 2.35 bits per heavy atom. The molecule has 1 saturated heterocycles. The molecule has 1 fully saturated rings. The van der Waals surface area contributed by atoms with Crippen molar-refractivity contribution in [1.29, 1.82) is 0 Å². The number of piperidine rings is 1. The maximum absolute atomic E-state index is 5.98. The number of ether oxygens (including phenoxy) is 2. The molecule has 102 valence electrons. The first-order valence-corrected chi connectivity index (χ1v) is 6.78. The SMILES string of the molecule is CCOC1CCN(C(CC)(CN)COC)CC1. The van der Waals surface area contributed by atoms with Gasteiger partial charge in [-0.25, -0.2) is 0 Å². The molecule has 0 radical (unpaired) electrons. The van der Waals surface area contributed by atoms with Gasteiger partial charge in [0, 0.05) is 33.4 Å². The van der Waals surface area contributed by atoms with Gasteiger partial charge in [-0.3, -0.25) is 4.90 Å². The van der Waals surface area contributed by atoms with Gasteiger partial charge >= 0.3 is 0 Å². The maximum atomic E-state index is 5.98. The third kappa shape index (κ3) is 3.65. The van der Waals surface area contributed by atoms with Crippen molar-refractivity contribution in [2.24, 2.45) is 5.73 Å². The highest BCUT2D eigenvalue weighted by Crippen LogP contribution is 2.25. The molecule has 2 N–H and O–H groups in total. The van der Waals surface area contributed by atoms with Crippen molar-refractivity contribution in [3.05, 3.63) is 0 Å². The van der Waals surface area contributed by atoms with E-state index in [4.69, 9.17) is 15.2 Å². The van der Waals surface area contributed by atoms with Gasteiger partial charge in [0.15, 0.2) is 0 Å². The number of rotatable bonds is 7. The van der Waals surface area contributed by atoms with E-state index in [1.54, 1.807) is 7.11 Å². The molecule has 4 heteroatoms. The van der Waals surface area contributed by atoms with Crippen LogP contribution in [-0.2, 0) is 9.47 Å². The normalized spacial score (nSPS) is 22.6. The summed E-state index contributed by atoms with van der Waals surface area (Å²) in [4.78, 5) is 2.49. The predicted molar refractivity (Wildman–Crippen MR) is 70.2 cm³/mol. The van der Waals surface area contributed by atoms with Crippen LogP contribution in [0, 0.1) is 0 Å². The van der Waals surface area contributed by atoms with Crippen LogP contribution in [0.4, 0.5) is 0 Å². The summed E-state index contributed by atoms with van der Waals surface area (Å²) in [5, 5.41) is 0. The van der Waals surface area contributed by atoms with E-state index in [2.05, 4.69) is 18.7 Å². The van der Waals surface area contributed by atoms with Gasteiger partial charge in [-0.2, -0.15) is 0 Å². The lowest BCUT2D eigenvalue weighted by molar-refractivity contribution is -0.0427. The Hall–Kier alpha value is -0.160. The van der Waals surface area contributed by atoms with Crippen molar-refractivity contribution in [2.45, 2.75) is 44.8 Å². The van der Waals surface area contributed by atoms with Crippen LogP contribution in [0.15, 0.2) is 0 Å². The van der Waals surface area contributed by atoms with Crippen molar-refractivity contribution in [2.75, 3.05) is 40.0 Å². The van der Waals surface area contributed by atoms with Crippen molar-refractivity contribution >= 4 is 0 Å². The number of methoxy groups -OCH3 is 1. The smallest absolute Gasteiger partial charge is 0.0658 e. The van der Waals surface area contributed by atoms with Gasteiger partial charge in [-0.15, -0.1) is 0 Å². The van der Waals surface area contributed by atoms with E-state index in [9.17, 15) is 0 Å². The Morgan fingerprint density at radius 1 is 1.29 bits per heavy atom. The minimum absolute atomic E-state index is 0.0198. The van der Waals surface area contributed by atoms with Gasteiger partial charge in [-0.05, 0) is 26.2 Å². The summed E-state index contributed by atoms with van der Waals surface area (Å²) >= 11 is 0. The molecule has 1 rings (SSSR count). The Kier molecular flexibility index (Phi) is 6.41. The molecule has 0 spiro atoms. The van der Waals surface area contributed by atoms with Crippen LogP contribution in [0.1, 0.15) is 33.1 Å². The minimum atomic E-state index is 0.0198. The quantitative estimate of drug-likeness (QED) is 0.732. The molecule has 17 heavy (non-hydrogen) atoms. The fourth-order valence-corrected chi connectivity index (χ4v) is 2.75. The van der Waals surface area contributed by atoms with E-state index >= 15 is 0 Å². The van der Waals surface area contributed by atoms with E-state index in [1.165, 1.54) is 0 Å². The zero-order valence-corrected chi connectivity index (χ0v) is 11.6. The molecule has 0 aromatic heterocycles. The maximum Gasteiger partial charge on any atom is 0.0658 e. The standard InChI is InChI=1S/C13H28N2O2/c1-4-13(10-14,11-16-3)15-8-6-12(7-9-15)17-5-2/h12H,4-11,14H2,1-3H3. The van der Waals surface area contributed by atoms with Crippen LogP contribution in [0.5, 0.6) is 0 Å². The number of nitrogens with zero attached hydrogens (tertiary/aromatic N) is 1. The van der Waals surface area contributed by atoms with Gasteiger partial charge in [0.05, 0.1) is 18.2 Å². The van der Waals surface area contributed by atoms with Gasteiger partial charge in [0.1, 0.15) is 0 Å². The molecule has 1 aliphatic rings. The molecule has 1 unspecified atom stereocenters. The third-order valence-electron chi connectivity index (χ3n) is 3.97. The van der Waals surface area contributed by atoms with Crippen molar-refractivity contribution in [3.8, 4) is 0 Å². The zero-order chi connectivity index (χ0) is 12.7. The summed E-state index contributed by atoms with van der Waals surface area (Å²) in [5.74, 6) is 0. The molecule has 0 saturated carbocycles. The highest BCUT2D eigenvalue weighted by atomic mass is 16.5. The van der Waals surface area contributed by atoms with Crippen molar-refractivity contribution in [3.63, 3.8) is 0 Å². The fourth-order valence-electron chi connectivity index (χ4n) is 2.75. The molecule has 0 amide bonds. The lowest BCUT2D eigenvalue weighted by Crippen LogP contribution is -2.59. The lowest BCUT2D eigenvalue weighted by atomic mass is 9.91. The second kappa shape index (κ2) is 7.31. The molecule has 1 heterocycles. The van der Waals surface area contributed by atoms with Gasteiger partial charge in [-0.1, -0.05) is 6.92 Å². The van der Waals surface area contributed by atoms with Gasteiger partial charge in [0.25, 0.3) is 0 Å². The first kappa shape index (κ1) is 14.9. The second-order valence-corrected chi connectivity index (χ2v) is 4.86. The Labute approximate surface area is 105 Å². The second-order valence-electron chi connectivity index (χ2n) is 4.86. The Morgan fingerprint density at radius 2 is 1.94 bits per heavy atom. The highest BCUT2D eigenvalue weighted by molar-refractivity contribution is 4.93. The molecule has 0 aromatic carbocycles. The van der Waals surface area contributed by atoms with E-state index in [1.807, 2.05) is 0 Å². The number of likely N-dealkylation sites (tertiary alicyclic amines) is 1. The van der Waals surface area contributed by atoms with Crippen molar-refractivity contribution in [1.82, 2.24) is 4.90 Å². The largest absolute Gasteiger partial charge is 0.383 e. The predicted octanol–water partition coefficient (Wildman–Crippen LogP) is 1.24.